The van der Waals surface area contributed by atoms with Crippen LogP contribution in [0.2, 0.25) is 0 Å². The fourth-order valence-electron chi connectivity index (χ4n) is 2.34. The van der Waals surface area contributed by atoms with Crippen molar-refractivity contribution in [1.29, 1.82) is 0 Å². The van der Waals surface area contributed by atoms with Gasteiger partial charge in [-0.15, -0.1) is 0 Å². The number of rotatable bonds is 4. The lowest BCUT2D eigenvalue weighted by molar-refractivity contribution is 0.104. The van der Waals surface area contributed by atoms with Crippen molar-refractivity contribution in [2.75, 3.05) is 11.1 Å². The molecule has 4 nitrogen and oxygen atoms in total. The number of hydrogen-bond acceptors (Lipinski definition) is 5. The second-order valence-corrected chi connectivity index (χ2v) is 6.52. The summed E-state index contributed by atoms with van der Waals surface area (Å²) in [5.74, 6) is -0.334. The average Bonchev–Trinajstić information content (AvgIpc) is 2.89. The van der Waals surface area contributed by atoms with Gasteiger partial charge in [-0.2, -0.15) is 0 Å². The van der Waals surface area contributed by atoms with Gasteiger partial charge in [0.15, 0.2) is 5.13 Å². The summed E-state index contributed by atoms with van der Waals surface area (Å²) in [4.78, 5) is 17.3. The Balaban J connectivity index is 1.91. The predicted molar refractivity (Wildman–Crippen MR) is 95.6 cm³/mol. The van der Waals surface area contributed by atoms with E-state index in [1.54, 1.807) is 12.1 Å². The molecule has 0 saturated heterocycles. The SMILES string of the molecule is Cc1ccc(C)c(C(=O)c2sc(Nc3cccc(F)c3)nc2N)c1. The lowest BCUT2D eigenvalue weighted by Gasteiger charge is -2.05. The molecule has 0 fully saturated rings. The third-order valence-electron chi connectivity index (χ3n) is 3.57. The molecule has 0 atom stereocenters. The second-order valence-electron chi connectivity index (χ2n) is 5.52. The zero-order valence-corrected chi connectivity index (χ0v) is 14.1. The van der Waals surface area contributed by atoms with E-state index in [2.05, 4.69) is 10.3 Å². The van der Waals surface area contributed by atoms with E-state index in [4.69, 9.17) is 5.73 Å². The number of nitrogens with one attached hydrogen (secondary N) is 1. The van der Waals surface area contributed by atoms with Gasteiger partial charge in [0, 0.05) is 11.3 Å². The van der Waals surface area contributed by atoms with Gasteiger partial charge in [0.2, 0.25) is 5.78 Å². The smallest absolute Gasteiger partial charge is 0.207 e. The number of nitrogens with two attached hydrogens (primary N) is 1. The Hall–Kier alpha value is -2.73. The first kappa shape index (κ1) is 16.1. The average molecular weight is 341 g/mol. The van der Waals surface area contributed by atoms with Gasteiger partial charge in [0.25, 0.3) is 0 Å². The number of ketones is 1. The maximum Gasteiger partial charge on any atom is 0.207 e. The summed E-state index contributed by atoms with van der Waals surface area (Å²) in [6, 6.07) is 11.7. The Labute approximate surface area is 143 Å². The summed E-state index contributed by atoms with van der Waals surface area (Å²) in [7, 11) is 0. The fourth-order valence-corrected chi connectivity index (χ4v) is 3.20. The van der Waals surface area contributed by atoms with Crippen molar-refractivity contribution in [3.63, 3.8) is 0 Å². The first-order valence-corrected chi connectivity index (χ1v) is 8.16. The first-order valence-electron chi connectivity index (χ1n) is 7.35. The van der Waals surface area contributed by atoms with Crippen molar-refractivity contribution < 1.29 is 9.18 Å². The molecule has 6 heteroatoms. The fraction of sp³-hybridized carbons (Fsp3) is 0.111. The van der Waals surface area contributed by atoms with Crippen molar-refractivity contribution >= 4 is 33.8 Å². The molecule has 0 unspecified atom stereocenters. The van der Waals surface area contributed by atoms with Crippen molar-refractivity contribution in [2.45, 2.75) is 13.8 Å². The molecule has 3 N–H and O–H groups in total. The minimum absolute atomic E-state index is 0.154. The minimum Gasteiger partial charge on any atom is -0.382 e. The topological polar surface area (TPSA) is 68.0 Å². The van der Waals surface area contributed by atoms with E-state index in [9.17, 15) is 9.18 Å². The van der Waals surface area contributed by atoms with Gasteiger partial charge in [0.05, 0.1) is 0 Å². The predicted octanol–water partition coefficient (Wildman–Crippen LogP) is 4.46. The maximum absolute atomic E-state index is 13.3. The standard InChI is InChI=1S/C18H16FN3OS/c1-10-6-7-11(2)14(8-10)15(23)16-17(20)22-18(24-16)21-13-5-3-4-12(19)9-13/h3-9H,20H2,1-2H3,(H,21,22). The molecule has 0 saturated carbocycles. The monoisotopic (exact) mass is 341 g/mol. The van der Waals surface area contributed by atoms with Gasteiger partial charge in [-0.1, -0.05) is 35.1 Å². The molecule has 0 amide bonds. The van der Waals surface area contributed by atoms with E-state index in [-0.39, 0.29) is 17.4 Å². The molecular formula is C18H16FN3OS. The summed E-state index contributed by atoms with van der Waals surface area (Å²) in [6.45, 7) is 3.82. The molecule has 24 heavy (non-hydrogen) atoms. The number of nitrogens with zero attached hydrogens (tertiary/aromatic N) is 1. The Kier molecular flexibility index (Phi) is 4.31. The van der Waals surface area contributed by atoms with Crippen LogP contribution in [0.15, 0.2) is 42.5 Å². The van der Waals surface area contributed by atoms with Gasteiger partial charge in [-0.05, 0) is 43.7 Å². The summed E-state index contributed by atoms with van der Waals surface area (Å²) in [5.41, 5.74) is 8.97. The summed E-state index contributed by atoms with van der Waals surface area (Å²) < 4.78 is 13.3. The summed E-state index contributed by atoms with van der Waals surface area (Å²) in [6.07, 6.45) is 0. The molecule has 0 bridgehead atoms. The molecule has 0 radical (unpaired) electrons. The normalized spacial score (nSPS) is 10.6. The first-order chi connectivity index (χ1) is 11.4. The number of carbonyl (C=O) groups is 1. The third-order valence-corrected chi connectivity index (χ3v) is 4.56. The van der Waals surface area contributed by atoms with Gasteiger partial charge in [0.1, 0.15) is 16.5 Å². The van der Waals surface area contributed by atoms with Crippen LogP contribution in [0.4, 0.5) is 21.0 Å². The molecule has 1 aromatic heterocycles. The van der Waals surface area contributed by atoms with Gasteiger partial charge < -0.3 is 11.1 Å². The quantitative estimate of drug-likeness (QED) is 0.688. The maximum atomic E-state index is 13.3. The van der Waals surface area contributed by atoms with Gasteiger partial charge in [-0.3, -0.25) is 4.79 Å². The van der Waals surface area contributed by atoms with Crippen LogP contribution < -0.4 is 11.1 Å². The van der Waals surface area contributed by atoms with E-state index in [1.807, 2.05) is 32.0 Å². The largest absolute Gasteiger partial charge is 0.382 e. The van der Waals surface area contributed by atoms with Crippen LogP contribution >= 0.6 is 11.3 Å². The van der Waals surface area contributed by atoms with E-state index in [1.165, 1.54) is 12.1 Å². The van der Waals surface area contributed by atoms with Crippen LogP contribution in [0.3, 0.4) is 0 Å². The lowest BCUT2D eigenvalue weighted by atomic mass is 10.0. The Morgan fingerprint density at radius 3 is 2.75 bits per heavy atom. The molecule has 0 aliphatic carbocycles. The van der Waals surface area contributed by atoms with E-state index >= 15 is 0 Å². The van der Waals surface area contributed by atoms with E-state index in [0.717, 1.165) is 22.5 Å². The summed E-state index contributed by atoms with van der Waals surface area (Å²) >= 11 is 1.16. The summed E-state index contributed by atoms with van der Waals surface area (Å²) in [5, 5.41) is 3.42. The minimum atomic E-state index is -0.351. The molecule has 0 aliphatic rings. The molecule has 0 spiro atoms. The zero-order chi connectivity index (χ0) is 17.3. The molecule has 1 heterocycles. The van der Waals surface area contributed by atoms with Crippen molar-refractivity contribution in [3.05, 3.63) is 69.8 Å². The highest BCUT2D eigenvalue weighted by Crippen LogP contribution is 2.30. The molecule has 3 rings (SSSR count). The molecule has 122 valence electrons. The lowest BCUT2D eigenvalue weighted by Crippen LogP contribution is -2.05. The number of aryl methyl sites for hydroxylation is 2. The number of anilines is 3. The molecule has 3 aromatic rings. The zero-order valence-electron chi connectivity index (χ0n) is 13.3. The number of aromatic nitrogens is 1. The Morgan fingerprint density at radius 2 is 2.00 bits per heavy atom. The number of benzene rings is 2. The van der Waals surface area contributed by atoms with Gasteiger partial charge >= 0.3 is 0 Å². The number of carbonyl (C=O) groups excluding carboxylic acids is 1. The highest BCUT2D eigenvalue weighted by molar-refractivity contribution is 7.18. The van der Waals surface area contributed by atoms with Crippen LogP contribution in [-0.2, 0) is 0 Å². The molecule has 2 aromatic carbocycles. The third kappa shape index (κ3) is 3.28. The van der Waals surface area contributed by atoms with E-state index in [0.29, 0.717) is 21.3 Å². The number of nitrogen functional groups attached to an aromatic ring is 1. The molecular weight excluding hydrogens is 325 g/mol. The van der Waals surface area contributed by atoms with E-state index < -0.39 is 0 Å². The number of thiazole rings is 1. The van der Waals surface area contributed by atoms with Crippen LogP contribution in [0, 0.1) is 19.7 Å². The highest BCUT2D eigenvalue weighted by atomic mass is 32.1. The Morgan fingerprint density at radius 1 is 1.21 bits per heavy atom. The highest BCUT2D eigenvalue weighted by Gasteiger charge is 2.19. The van der Waals surface area contributed by atoms with Crippen LogP contribution in [-0.4, -0.2) is 10.8 Å². The second kappa shape index (κ2) is 6.41. The van der Waals surface area contributed by atoms with Crippen LogP contribution in [0.5, 0.6) is 0 Å². The number of hydrogen-bond donors (Lipinski definition) is 2. The molecule has 0 aliphatic heterocycles. The Bertz CT molecular complexity index is 920. The van der Waals surface area contributed by atoms with Crippen molar-refractivity contribution in [2.24, 2.45) is 0 Å². The van der Waals surface area contributed by atoms with Gasteiger partial charge in [-0.25, -0.2) is 9.37 Å². The van der Waals surface area contributed by atoms with Crippen molar-refractivity contribution in [3.8, 4) is 0 Å². The van der Waals surface area contributed by atoms with Crippen molar-refractivity contribution in [1.82, 2.24) is 4.98 Å². The van der Waals surface area contributed by atoms with Crippen LogP contribution in [0.25, 0.3) is 0 Å². The van der Waals surface area contributed by atoms with Crippen LogP contribution in [0.1, 0.15) is 26.4 Å². The number of halogens is 1.